The summed E-state index contributed by atoms with van der Waals surface area (Å²) in [6, 6.07) is 15.8. The summed E-state index contributed by atoms with van der Waals surface area (Å²) in [5.41, 5.74) is 9.19. The molecule has 4 aliphatic heterocycles. The van der Waals surface area contributed by atoms with E-state index in [-0.39, 0.29) is 17.7 Å². The summed E-state index contributed by atoms with van der Waals surface area (Å²) < 4.78 is 21.1. The van der Waals surface area contributed by atoms with E-state index in [0.717, 1.165) is 75.3 Å². The van der Waals surface area contributed by atoms with Crippen molar-refractivity contribution in [2.45, 2.75) is 56.3 Å². The SMILES string of the molecule is Nc1nnc(-c2ccccc2O)cc1N1CC[C@@H]2[C@@H](Cc3cc(OC4CCNCC4)ccc3F)C3C[C@@H](C1)N32. The summed E-state index contributed by atoms with van der Waals surface area (Å²) in [6.45, 7) is 3.66. The van der Waals surface area contributed by atoms with Crippen LogP contribution in [0.5, 0.6) is 11.5 Å². The molecule has 4 fully saturated rings. The van der Waals surface area contributed by atoms with E-state index < -0.39 is 0 Å². The number of nitrogens with one attached hydrogen (secondary N) is 1. The number of phenolic OH excluding ortho intramolecular Hbond substituents is 1. The number of aromatic nitrogens is 2. The molecule has 8 nitrogen and oxygen atoms in total. The van der Waals surface area contributed by atoms with Crippen LogP contribution in [0.3, 0.4) is 0 Å². The number of hydrogen-bond acceptors (Lipinski definition) is 8. The molecule has 0 amide bonds. The number of piperidine rings is 2. The third-order valence-corrected chi connectivity index (χ3v) is 9.20. The highest BCUT2D eigenvalue weighted by Gasteiger charge is 2.59. The van der Waals surface area contributed by atoms with Gasteiger partial charge in [0.1, 0.15) is 23.4 Å². The molecule has 4 saturated heterocycles. The third kappa shape index (κ3) is 4.47. The summed E-state index contributed by atoms with van der Waals surface area (Å²) in [7, 11) is 0. The van der Waals surface area contributed by atoms with Crippen molar-refractivity contribution < 1.29 is 14.2 Å². The van der Waals surface area contributed by atoms with Crippen molar-refractivity contribution in [2.24, 2.45) is 5.92 Å². The Morgan fingerprint density at radius 3 is 2.74 bits per heavy atom. The summed E-state index contributed by atoms with van der Waals surface area (Å²) >= 11 is 0. The van der Waals surface area contributed by atoms with Gasteiger partial charge in [-0.05, 0) is 93.1 Å². The number of nitrogen functional groups attached to an aromatic ring is 1. The highest BCUT2D eigenvalue weighted by atomic mass is 19.1. The Hall–Kier alpha value is -3.43. The zero-order chi connectivity index (χ0) is 26.5. The van der Waals surface area contributed by atoms with Gasteiger partial charge in [0, 0.05) is 36.8 Å². The number of hydrogen-bond donors (Lipinski definition) is 3. The number of phenols is 1. The van der Waals surface area contributed by atoms with Gasteiger partial charge in [-0.15, -0.1) is 10.2 Å². The summed E-state index contributed by atoms with van der Waals surface area (Å²) in [5, 5.41) is 22.2. The zero-order valence-corrected chi connectivity index (χ0v) is 22.0. The molecule has 0 spiro atoms. The van der Waals surface area contributed by atoms with Crippen LogP contribution in [0.1, 0.15) is 31.2 Å². The second-order valence-electron chi connectivity index (χ2n) is 11.4. The van der Waals surface area contributed by atoms with Gasteiger partial charge in [0.05, 0.1) is 11.4 Å². The van der Waals surface area contributed by atoms with Crippen molar-refractivity contribution in [1.82, 2.24) is 20.4 Å². The molecule has 1 unspecified atom stereocenters. The molecule has 4 atom stereocenters. The molecule has 204 valence electrons. The van der Waals surface area contributed by atoms with Crippen LogP contribution in [-0.4, -0.2) is 70.6 Å². The fraction of sp³-hybridized carbons (Fsp3) is 0.467. The molecular formula is C30H35FN6O2. The first-order chi connectivity index (χ1) is 19.0. The molecule has 39 heavy (non-hydrogen) atoms. The highest BCUT2D eigenvalue weighted by molar-refractivity contribution is 5.74. The summed E-state index contributed by atoms with van der Waals surface area (Å²) in [5.74, 6) is 1.66. The van der Waals surface area contributed by atoms with Gasteiger partial charge in [-0.2, -0.15) is 0 Å². The van der Waals surface area contributed by atoms with Gasteiger partial charge in [-0.3, -0.25) is 4.90 Å². The first kappa shape index (κ1) is 24.6. The van der Waals surface area contributed by atoms with Crippen LogP contribution in [-0.2, 0) is 6.42 Å². The van der Waals surface area contributed by atoms with Crippen LogP contribution < -0.4 is 20.7 Å². The number of nitrogens with two attached hydrogens (primary N) is 1. The normalized spacial score (nSPS) is 26.7. The van der Waals surface area contributed by atoms with E-state index in [2.05, 4.69) is 25.3 Å². The Labute approximate surface area is 228 Å². The van der Waals surface area contributed by atoms with E-state index in [1.165, 1.54) is 0 Å². The van der Waals surface area contributed by atoms with Crippen LogP contribution in [0.4, 0.5) is 15.9 Å². The smallest absolute Gasteiger partial charge is 0.169 e. The van der Waals surface area contributed by atoms with Crippen molar-refractivity contribution in [3.63, 3.8) is 0 Å². The van der Waals surface area contributed by atoms with E-state index in [4.69, 9.17) is 10.5 Å². The lowest BCUT2D eigenvalue weighted by Crippen LogP contribution is -2.76. The van der Waals surface area contributed by atoms with Crippen LogP contribution in [0.15, 0.2) is 48.5 Å². The van der Waals surface area contributed by atoms with Crippen LogP contribution >= 0.6 is 0 Å². The van der Waals surface area contributed by atoms with E-state index in [9.17, 15) is 9.50 Å². The molecule has 7 rings (SSSR count). The van der Waals surface area contributed by atoms with Gasteiger partial charge in [0.15, 0.2) is 5.82 Å². The molecule has 0 aliphatic carbocycles. The number of ether oxygens (including phenoxy) is 1. The Morgan fingerprint density at radius 2 is 1.90 bits per heavy atom. The maximum atomic E-state index is 14.9. The second kappa shape index (κ2) is 9.95. The number of anilines is 2. The van der Waals surface area contributed by atoms with Crippen molar-refractivity contribution in [2.75, 3.05) is 36.8 Å². The second-order valence-corrected chi connectivity index (χ2v) is 11.4. The molecular weight excluding hydrogens is 495 g/mol. The van der Waals surface area contributed by atoms with Crippen LogP contribution in [0.2, 0.25) is 0 Å². The van der Waals surface area contributed by atoms with Gasteiger partial charge in [-0.1, -0.05) is 12.1 Å². The molecule has 5 heterocycles. The Bertz CT molecular complexity index is 1370. The van der Waals surface area contributed by atoms with E-state index in [1.54, 1.807) is 24.3 Å². The fourth-order valence-electron chi connectivity index (χ4n) is 7.21. The zero-order valence-electron chi connectivity index (χ0n) is 22.0. The van der Waals surface area contributed by atoms with Gasteiger partial charge in [0.2, 0.25) is 0 Å². The maximum Gasteiger partial charge on any atom is 0.169 e. The van der Waals surface area contributed by atoms with Crippen molar-refractivity contribution in [1.29, 1.82) is 0 Å². The van der Waals surface area contributed by atoms with Gasteiger partial charge < -0.3 is 25.8 Å². The molecule has 0 saturated carbocycles. The monoisotopic (exact) mass is 530 g/mol. The average Bonchev–Trinajstić information content (AvgIpc) is 2.98. The molecule has 4 aliphatic rings. The lowest BCUT2D eigenvalue weighted by atomic mass is 9.65. The number of para-hydroxylation sites is 1. The maximum absolute atomic E-state index is 14.9. The molecule has 3 aromatic rings. The van der Waals surface area contributed by atoms with Crippen LogP contribution in [0, 0.1) is 11.7 Å². The highest BCUT2D eigenvalue weighted by Crippen LogP contribution is 2.51. The largest absolute Gasteiger partial charge is 0.507 e. The lowest BCUT2D eigenvalue weighted by Gasteiger charge is -2.66. The van der Waals surface area contributed by atoms with Gasteiger partial charge >= 0.3 is 0 Å². The Morgan fingerprint density at radius 1 is 1.05 bits per heavy atom. The fourth-order valence-corrected chi connectivity index (χ4v) is 7.21. The minimum absolute atomic E-state index is 0.135. The quantitative estimate of drug-likeness (QED) is 0.445. The number of nitrogens with zero attached hydrogens (tertiary/aromatic N) is 4. The van der Waals surface area contributed by atoms with E-state index in [1.807, 2.05) is 24.3 Å². The van der Waals surface area contributed by atoms with E-state index >= 15 is 0 Å². The van der Waals surface area contributed by atoms with Gasteiger partial charge in [0.25, 0.3) is 0 Å². The first-order valence-corrected chi connectivity index (χ1v) is 14.1. The minimum atomic E-state index is -0.135. The topological polar surface area (TPSA) is 99.8 Å². The Balaban J connectivity index is 1.06. The molecule has 9 heteroatoms. The molecule has 1 aromatic heterocycles. The molecule has 2 aromatic carbocycles. The summed E-state index contributed by atoms with van der Waals surface area (Å²) in [4.78, 5) is 4.95. The van der Waals surface area contributed by atoms with Crippen molar-refractivity contribution >= 4 is 11.5 Å². The molecule has 0 radical (unpaired) electrons. The predicted octanol–water partition coefficient (Wildman–Crippen LogP) is 3.60. The lowest BCUT2D eigenvalue weighted by molar-refractivity contribution is -0.163. The Kier molecular flexibility index (Phi) is 6.28. The predicted molar refractivity (Wildman–Crippen MR) is 148 cm³/mol. The molecule has 4 N–H and O–H groups in total. The summed E-state index contributed by atoms with van der Waals surface area (Å²) in [6.07, 6.45) is 5.00. The number of benzene rings is 2. The van der Waals surface area contributed by atoms with E-state index in [0.29, 0.717) is 41.1 Å². The number of aromatic hydroxyl groups is 1. The number of halogens is 1. The first-order valence-electron chi connectivity index (χ1n) is 14.1. The average molecular weight is 531 g/mol. The van der Waals surface area contributed by atoms with Crippen LogP contribution in [0.25, 0.3) is 11.3 Å². The third-order valence-electron chi connectivity index (χ3n) is 9.20. The minimum Gasteiger partial charge on any atom is -0.507 e. The standard InChI is InChI=1S/C30H35FN6O2/c31-24-6-5-21(39-20-7-10-33-11-8-20)13-18(24)14-23-26-9-12-36(17-19-15-27(23)37(19)26)28-16-25(34-35-30(28)32)22-3-1-2-4-29(22)38/h1-6,13,16,19-20,23,26-27,33,38H,7-12,14-15,17H2,(H2,32,35)/t19-,23+,26+,27?/m0/s1. The molecule has 0 bridgehead atoms. The van der Waals surface area contributed by atoms with Crippen molar-refractivity contribution in [3.05, 3.63) is 59.9 Å². The van der Waals surface area contributed by atoms with Crippen molar-refractivity contribution in [3.8, 4) is 22.8 Å². The van der Waals surface area contributed by atoms with Gasteiger partial charge in [-0.25, -0.2) is 4.39 Å². The number of rotatable bonds is 6.